The van der Waals surface area contributed by atoms with E-state index in [4.69, 9.17) is 37.0 Å². The highest BCUT2D eigenvalue weighted by Crippen LogP contribution is 2.45. The first-order valence-corrected chi connectivity index (χ1v) is 44.1. The first-order chi connectivity index (χ1) is 47.5. The SMILES string of the molecule is CCCCCCCCCCCCCCCCCCCCCC(=O)O[C@H](COC(=O)CCCCCCCCCCCCCCCCCCC)COP(=O)(O)OC[C@@H](O)COP(=O)(O)OC[C@@H](COC(=O)CCCCCCCCCCC)OC(=O)CCCCCCCCCCCCC(C)C. The van der Waals surface area contributed by atoms with Crippen LogP contribution in [0.15, 0.2) is 0 Å². The summed E-state index contributed by atoms with van der Waals surface area (Å²) in [6.45, 7) is 7.29. The van der Waals surface area contributed by atoms with Gasteiger partial charge < -0.3 is 33.8 Å². The first-order valence-electron chi connectivity index (χ1n) is 41.1. The Labute approximate surface area is 600 Å². The van der Waals surface area contributed by atoms with Crippen LogP contribution in [0.4, 0.5) is 0 Å². The van der Waals surface area contributed by atoms with Gasteiger partial charge in [0, 0.05) is 25.7 Å². The highest BCUT2D eigenvalue weighted by molar-refractivity contribution is 7.47. The van der Waals surface area contributed by atoms with Gasteiger partial charge in [-0.25, -0.2) is 9.13 Å². The summed E-state index contributed by atoms with van der Waals surface area (Å²) in [7, 11) is -9.91. The topological polar surface area (TPSA) is 237 Å². The van der Waals surface area contributed by atoms with E-state index < -0.39 is 97.5 Å². The van der Waals surface area contributed by atoms with E-state index in [0.29, 0.717) is 25.7 Å². The van der Waals surface area contributed by atoms with Crippen LogP contribution in [0.3, 0.4) is 0 Å². The molecule has 0 aliphatic heterocycles. The van der Waals surface area contributed by atoms with E-state index >= 15 is 0 Å². The van der Waals surface area contributed by atoms with Crippen LogP contribution in [0.25, 0.3) is 0 Å². The van der Waals surface area contributed by atoms with Crippen LogP contribution in [0.2, 0.25) is 0 Å². The molecule has 3 N–H and O–H groups in total. The molecular formula is C79H154O17P2. The van der Waals surface area contributed by atoms with Crippen molar-refractivity contribution in [3.63, 3.8) is 0 Å². The van der Waals surface area contributed by atoms with Gasteiger partial charge in [-0.3, -0.25) is 37.3 Å². The van der Waals surface area contributed by atoms with Crippen LogP contribution in [0.1, 0.15) is 420 Å². The van der Waals surface area contributed by atoms with E-state index in [2.05, 4.69) is 34.6 Å². The molecule has 0 rings (SSSR count). The Morgan fingerprint density at radius 2 is 0.469 bits per heavy atom. The fourth-order valence-electron chi connectivity index (χ4n) is 12.2. The Balaban J connectivity index is 5.22. The van der Waals surface area contributed by atoms with Gasteiger partial charge in [0.25, 0.3) is 0 Å². The molecule has 17 nitrogen and oxygen atoms in total. The summed E-state index contributed by atoms with van der Waals surface area (Å²) in [6.07, 6.45) is 62.5. The molecule has 19 heteroatoms. The van der Waals surface area contributed by atoms with E-state index in [9.17, 15) is 43.2 Å². The summed E-state index contributed by atoms with van der Waals surface area (Å²) in [5, 5.41) is 10.6. The van der Waals surface area contributed by atoms with Crippen molar-refractivity contribution in [1.82, 2.24) is 0 Å². The number of hydrogen-bond donors (Lipinski definition) is 3. The van der Waals surface area contributed by atoms with E-state index in [-0.39, 0.29) is 25.7 Å². The quantitative estimate of drug-likeness (QED) is 0.0222. The summed E-state index contributed by atoms with van der Waals surface area (Å²) in [6, 6.07) is 0. The molecule has 2 unspecified atom stereocenters. The number of esters is 4. The van der Waals surface area contributed by atoms with Crippen molar-refractivity contribution in [2.45, 2.75) is 438 Å². The van der Waals surface area contributed by atoms with Gasteiger partial charge in [0.15, 0.2) is 12.2 Å². The largest absolute Gasteiger partial charge is 0.472 e. The number of carbonyl (C=O) groups excluding carboxylic acids is 4. The summed E-state index contributed by atoms with van der Waals surface area (Å²) < 4.78 is 68.6. The van der Waals surface area contributed by atoms with Crippen LogP contribution in [-0.2, 0) is 65.4 Å². The molecule has 5 atom stereocenters. The Kier molecular flexibility index (Phi) is 70.6. The molecule has 0 spiro atoms. The lowest BCUT2D eigenvalue weighted by molar-refractivity contribution is -0.161. The van der Waals surface area contributed by atoms with Crippen molar-refractivity contribution in [1.29, 1.82) is 0 Å². The van der Waals surface area contributed by atoms with Crippen molar-refractivity contribution >= 4 is 39.5 Å². The average molecular weight is 1440 g/mol. The zero-order valence-electron chi connectivity index (χ0n) is 63.9. The van der Waals surface area contributed by atoms with Gasteiger partial charge >= 0.3 is 39.5 Å². The van der Waals surface area contributed by atoms with Gasteiger partial charge in [-0.15, -0.1) is 0 Å². The number of hydrogen-bond acceptors (Lipinski definition) is 15. The molecule has 98 heavy (non-hydrogen) atoms. The smallest absolute Gasteiger partial charge is 0.462 e. The number of unbranched alkanes of at least 4 members (excludes halogenated alkanes) is 51. The number of aliphatic hydroxyl groups excluding tert-OH is 1. The monoisotopic (exact) mass is 1440 g/mol. The third kappa shape index (κ3) is 72.4. The second-order valence-corrected chi connectivity index (χ2v) is 31.8. The Morgan fingerprint density at radius 1 is 0.276 bits per heavy atom. The Morgan fingerprint density at radius 3 is 0.694 bits per heavy atom. The van der Waals surface area contributed by atoms with Gasteiger partial charge in [-0.2, -0.15) is 0 Å². The molecule has 0 saturated carbocycles. The van der Waals surface area contributed by atoms with Crippen molar-refractivity contribution in [3.8, 4) is 0 Å². The van der Waals surface area contributed by atoms with Gasteiger partial charge in [0.1, 0.15) is 19.3 Å². The molecule has 0 aromatic heterocycles. The van der Waals surface area contributed by atoms with Crippen LogP contribution >= 0.6 is 15.6 Å². The van der Waals surface area contributed by atoms with Crippen molar-refractivity contribution in [3.05, 3.63) is 0 Å². The molecule has 0 aliphatic rings. The van der Waals surface area contributed by atoms with E-state index in [0.717, 1.165) is 95.8 Å². The molecule has 0 aliphatic carbocycles. The standard InChI is InChI=1S/C79H154O17P2/c1-6-9-12-15-18-21-23-25-27-29-30-32-34-36-38-44-49-54-59-64-78(83)95-75(69-90-77(82)63-58-53-48-43-37-35-33-31-28-26-24-22-19-16-13-10-7-2)71-94-98(87,88)92-67-73(80)66-91-97(85,86)93-70-74(68-89-76(81)62-57-52-47-41-20-17-14-11-8-3)96-79(84)65-60-55-50-45-40-39-42-46-51-56-61-72(4)5/h72-75,80H,6-71H2,1-5H3,(H,85,86)(H,87,88)/t73-,74+,75+/m0/s1. The number of ether oxygens (including phenoxy) is 4. The highest BCUT2D eigenvalue weighted by Gasteiger charge is 2.30. The third-order valence-electron chi connectivity index (χ3n) is 18.5. The zero-order valence-corrected chi connectivity index (χ0v) is 65.7. The summed E-state index contributed by atoms with van der Waals surface area (Å²) >= 11 is 0. The lowest BCUT2D eigenvalue weighted by atomic mass is 10.0. The summed E-state index contributed by atoms with van der Waals surface area (Å²) in [5.74, 6) is -1.36. The maximum Gasteiger partial charge on any atom is 0.472 e. The van der Waals surface area contributed by atoms with Gasteiger partial charge in [-0.1, -0.05) is 369 Å². The summed E-state index contributed by atoms with van der Waals surface area (Å²) in [4.78, 5) is 72.9. The van der Waals surface area contributed by atoms with E-state index in [1.165, 1.54) is 244 Å². The maximum atomic E-state index is 13.1. The number of aliphatic hydroxyl groups is 1. The molecule has 0 heterocycles. The van der Waals surface area contributed by atoms with Crippen LogP contribution in [0.5, 0.6) is 0 Å². The van der Waals surface area contributed by atoms with Crippen molar-refractivity contribution in [2.75, 3.05) is 39.6 Å². The van der Waals surface area contributed by atoms with Crippen LogP contribution < -0.4 is 0 Å². The minimum atomic E-state index is -4.96. The van der Waals surface area contributed by atoms with Gasteiger partial charge in [0.2, 0.25) is 0 Å². The van der Waals surface area contributed by atoms with E-state index in [1.807, 2.05) is 0 Å². The van der Waals surface area contributed by atoms with Crippen LogP contribution in [-0.4, -0.2) is 96.7 Å². The molecule has 0 bridgehead atoms. The number of phosphoric ester groups is 2. The predicted octanol–water partition coefficient (Wildman–Crippen LogP) is 23.6. The summed E-state index contributed by atoms with van der Waals surface area (Å²) in [5.41, 5.74) is 0. The minimum Gasteiger partial charge on any atom is -0.462 e. The lowest BCUT2D eigenvalue weighted by Gasteiger charge is -2.21. The zero-order chi connectivity index (χ0) is 71.9. The average Bonchev–Trinajstić information content (AvgIpc) is 1.50. The number of phosphoric acid groups is 2. The molecule has 0 aromatic carbocycles. The number of rotatable bonds is 79. The molecule has 0 saturated heterocycles. The first kappa shape index (κ1) is 96.1. The molecule has 582 valence electrons. The molecule has 0 aromatic rings. The molecule has 0 fully saturated rings. The minimum absolute atomic E-state index is 0.106. The molecular weight excluding hydrogens is 1280 g/mol. The predicted molar refractivity (Wildman–Crippen MR) is 400 cm³/mol. The maximum absolute atomic E-state index is 13.1. The second kappa shape index (κ2) is 72.0. The normalized spacial score (nSPS) is 13.9. The number of carbonyl (C=O) groups is 4. The fraction of sp³-hybridized carbons (Fsp3) is 0.949. The molecule has 0 amide bonds. The van der Waals surface area contributed by atoms with Gasteiger partial charge in [-0.05, 0) is 31.6 Å². The Hall–Kier alpha value is -1.94. The van der Waals surface area contributed by atoms with Crippen molar-refractivity contribution < 1.29 is 80.2 Å². The lowest BCUT2D eigenvalue weighted by Crippen LogP contribution is -2.30. The third-order valence-corrected chi connectivity index (χ3v) is 20.4. The van der Waals surface area contributed by atoms with Crippen molar-refractivity contribution in [2.24, 2.45) is 5.92 Å². The Bertz CT molecular complexity index is 1870. The molecule has 0 radical (unpaired) electrons. The van der Waals surface area contributed by atoms with Crippen LogP contribution in [0, 0.1) is 5.92 Å². The van der Waals surface area contributed by atoms with E-state index in [1.54, 1.807) is 0 Å². The van der Waals surface area contributed by atoms with Gasteiger partial charge in [0.05, 0.1) is 26.4 Å². The second-order valence-electron chi connectivity index (χ2n) is 28.9. The fourth-order valence-corrected chi connectivity index (χ4v) is 13.8. The highest BCUT2D eigenvalue weighted by atomic mass is 31.2.